The van der Waals surface area contributed by atoms with E-state index >= 15 is 0 Å². The Hall–Kier alpha value is -0.346. The van der Waals surface area contributed by atoms with Crippen molar-refractivity contribution in [2.75, 3.05) is 0 Å². The Bertz CT molecular complexity index is 211. The Kier molecular flexibility index (Phi) is 4.34. The summed E-state index contributed by atoms with van der Waals surface area (Å²) in [4.78, 5) is 10.4. The quantitative estimate of drug-likeness (QED) is 0.712. The molecule has 0 bridgehead atoms. The maximum absolute atomic E-state index is 11.7. The molecule has 0 amide bonds. The molecule has 3 nitrogen and oxygen atoms in total. The van der Waals surface area contributed by atoms with E-state index in [1.807, 2.05) is 19.6 Å². The molecule has 0 heterocycles. The molecule has 14 heavy (non-hydrogen) atoms. The minimum atomic E-state index is -4.93. The fourth-order valence-corrected chi connectivity index (χ4v) is 5.35. The number of halogens is 3. The van der Waals surface area contributed by atoms with Crippen molar-refractivity contribution in [3.8, 4) is 0 Å². The SMILES string of the molecule is C[SiH](OC(=O)C(F)(F)F)O[Si](C)(C)C. The van der Waals surface area contributed by atoms with Crippen molar-refractivity contribution in [3.63, 3.8) is 0 Å². The Morgan fingerprint density at radius 2 is 1.71 bits per heavy atom. The van der Waals surface area contributed by atoms with Gasteiger partial charge in [0.25, 0.3) is 0 Å². The topological polar surface area (TPSA) is 35.5 Å². The van der Waals surface area contributed by atoms with E-state index in [9.17, 15) is 18.0 Å². The van der Waals surface area contributed by atoms with Gasteiger partial charge in [-0.3, -0.25) is 0 Å². The zero-order valence-corrected chi connectivity index (χ0v) is 10.6. The predicted octanol–water partition coefficient (Wildman–Crippen LogP) is 1.79. The minimum absolute atomic E-state index is 1.40. The first-order chi connectivity index (χ1) is 6.02. The second-order valence-corrected chi connectivity index (χ2v) is 10.2. The van der Waals surface area contributed by atoms with Gasteiger partial charge in [0.15, 0.2) is 8.32 Å². The van der Waals surface area contributed by atoms with Crippen LogP contribution in [0, 0.1) is 0 Å². The second kappa shape index (κ2) is 4.45. The van der Waals surface area contributed by atoms with E-state index in [1.165, 1.54) is 6.55 Å². The van der Waals surface area contributed by atoms with Crippen LogP contribution in [0.5, 0.6) is 0 Å². The molecule has 0 saturated carbocycles. The molecular weight excluding hydrogens is 233 g/mol. The molecule has 8 heteroatoms. The zero-order valence-electron chi connectivity index (χ0n) is 8.44. The molecular formula is C6H13F3O3Si2. The third kappa shape index (κ3) is 6.16. The second-order valence-electron chi connectivity index (χ2n) is 3.70. The molecule has 84 valence electrons. The number of alkyl halides is 3. The average molecular weight is 246 g/mol. The first-order valence-electron chi connectivity index (χ1n) is 3.98. The summed E-state index contributed by atoms with van der Waals surface area (Å²) in [6.45, 7) is 6.86. The molecule has 0 aliphatic rings. The first kappa shape index (κ1) is 13.7. The monoisotopic (exact) mass is 246 g/mol. The van der Waals surface area contributed by atoms with Gasteiger partial charge in [-0.1, -0.05) is 0 Å². The maximum atomic E-state index is 11.7. The zero-order chi connectivity index (χ0) is 11.6. The van der Waals surface area contributed by atoms with Crippen LogP contribution in [-0.4, -0.2) is 29.7 Å². The summed E-state index contributed by atoms with van der Waals surface area (Å²) in [7, 11) is -4.42. The van der Waals surface area contributed by atoms with Crippen LogP contribution in [0.25, 0.3) is 0 Å². The van der Waals surface area contributed by atoms with Gasteiger partial charge in [0.1, 0.15) is 0 Å². The summed E-state index contributed by atoms with van der Waals surface area (Å²) in [6, 6.07) is 0. The lowest BCUT2D eigenvalue weighted by Gasteiger charge is -2.22. The highest BCUT2D eigenvalue weighted by Gasteiger charge is 2.42. The van der Waals surface area contributed by atoms with Crippen molar-refractivity contribution in [3.05, 3.63) is 0 Å². The summed E-state index contributed by atoms with van der Waals surface area (Å²) in [5.41, 5.74) is 0. The number of hydrogen-bond donors (Lipinski definition) is 0. The molecule has 0 aliphatic carbocycles. The van der Waals surface area contributed by atoms with E-state index in [-0.39, 0.29) is 0 Å². The van der Waals surface area contributed by atoms with Crippen LogP contribution in [0.3, 0.4) is 0 Å². The summed E-state index contributed by atoms with van der Waals surface area (Å²) in [5.74, 6) is -2.16. The van der Waals surface area contributed by atoms with Gasteiger partial charge in [0.2, 0.25) is 0 Å². The fraction of sp³-hybridized carbons (Fsp3) is 0.833. The normalized spacial score (nSPS) is 15.1. The Morgan fingerprint density at radius 1 is 1.29 bits per heavy atom. The maximum Gasteiger partial charge on any atom is 0.489 e. The summed E-state index contributed by atoms with van der Waals surface area (Å²) >= 11 is 0. The Balaban J connectivity index is 4.09. The van der Waals surface area contributed by atoms with Crippen molar-refractivity contribution in [2.24, 2.45) is 0 Å². The van der Waals surface area contributed by atoms with Gasteiger partial charge >= 0.3 is 21.4 Å². The lowest BCUT2D eigenvalue weighted by molar-refractivity contribution is -0.191. The first-order valence-corrected chi connectivity index (χ1v) is 9.48. The van der Waals surface area contributed by atoms with Gasteiger partial charge in [-0.2, -0.15) is 13.2 Å². The molecule has 0 fully saturated rings. The predicted molar refractivity (Wildman–Crippen MR) is 49.6 cm³/mol. The van der Waals surface area contributed by atoms with E-state index in [4.69, 9.17) is 4.12 Å². The molecule has 0 rings (SSSR count). The smallest absolute Gasteiger partial charge is 0.489 e. The standard InChI is InChI=1S/C6H13F3O3Si2/c1-13(12-14(2,3)4)11-5(10)6(7,8)9/h13H,1-4H3. The third-order valence-electron chi connectivity index (χ3n) is 1.02. The van der Waals surface area contributed by atoms with Crippen molar-refractivity contribution < 1.29 is 26.5 Å². The highest BCUT2D eigenvalue weighted by molar-refractivity contribution is 6.76. The van der Waals surface area contributed by atoms with Crippen molar-refractivity contribution in [1.82, 2.24) is 0 Å². The molecule has 0 saturated heterocycles. The lowest BCUT2D eigenvalue weighted by Crippen LogP contribution is -2.39. The fourth-order valence-electron chi connectivity index (χ4n) is 0.739. The van der Waals surface area contributed by atoms with Crippen LogP contribution in [0.2, 0.25) is 26.2 Å². The summed E-state index contributed by atoms with van der Waals surface area (Å²) in [5, 5.41) is 0. The highest BCUT2D eigenvalue weighted by atomic mass is 28.4. The van der Waals surface area contributed by atoms with Crippen LogP contribution in [0.1, 0.15) is 0 Å². The van der Waals surface area contributed by atoms with Crippen LogP contribution in [-0.2, 0) is 13.3 Å². The number of hydrogen-bond acceptors (Lipinski definition) is 3. The molecule has 0 aliphatic heterocycles. The molecule has 0 aromatic rings. The van der Waals surface area contributed by atoms with Gasteiger partial charge in [0.05, 0.1) is 0 Å². The average Bonchev–Trinajstić information content (AvgIpc) is 1.79. The summed E-state index contributed by atoms with van der Waals surface area (Å²) < 4.78 is 44.7. The van der Waals surface area contributed by atoms with E-state index < -0.39 is 29.7 Å². The highest BCUT2D eigenvalue weighted by Crippen LogP contribution is 2.17. The Labute approximate surface area is 83.2 Å². The third-order valence-corrected chi connectivity index (χ3v) is 5.73. The molecule has 1 unspecified atom stereocenters. The largest absolute Gasteiger partial charge is 0.491 e. The minimum Gasteiger partial charge on any atom is -0.491 e. The molecule has 0 spiro atoms. The lowest BCUT2D eigenvalue weighted by atomic mass is 10.7. The van der Waals surface area contributed by atoms with Crippen LogP contribution < -0.4 is 0 Å². The van der Waals surface area contributed by atoms with Crippen LogP contribution in [0.15, 0.2) is 0 Å². The molecule has 0 radical (unpaired) electrons. The van der Waals surface area contributed by atoms with Crippen LogP contribution in [0.4, 0.5) is 13.2 Å². The number of carbonyl (C=O) groups is 1. The van der Waals surface area contributed by atoms with Crippen molar-refractivity contribution in [2.45, 2.75) is 32.4 Å². The van der Waals surface area contributed by atoms with Crippen molar-refractivity contribution >= 4 is 23.6 Å². The summed E-state index contributed by atoms with van der Waals surface area (Å²) in [6.07, 6.45) is -4.93. The van der Waals surface area contributed by atoms with E-state index in [0.29, 0.717) is 0 Å². The van der Waals surface area contributed by atoms with E-state index in [0.717, 1.165) is 0 Å². The van der Waals surface area contributed by atoms with E-state index in [1.54, 1.807) is 0 Å². The van der Waals surface area contributed by atoms with Gasteiger partial charge in [-0.15, -0.1) is 0 Å². The van der Waals surface area contributed by atoms with Crippen LogP contribution >= 0.6 is 0 Å². The van der Waals surface area contributed by atoms with Gasteiger partial charge in [0, 0.05) is 0 Å². The van der Waals surface area contributed by atoms with Crippen molar-refractivity contribution in [1.29, 1.82) is 0 Å². The molecule has 1 atom stereocenters. The van der Waals surface area contributed by atoms with Gasteiger partial charge in [-0.05, 0) is 26.2 Å². The molecule has 0 aromatic heterocycles. The molecule has 0 aromatic carbocycles. The Morgan fingerprint density at radius 3 is 2.00 bits per heavy atom. The number of carbonyl (C=O) groups excluding carboxylic acids is 1. The molecule has 0 N–H and O–H groups in total. The van der Waals surface area contributed by atoms with Gasteiger partial charge < -0.3 is 8.54 Å². The number of rotatable bonds is 3. The van der Waals surface area contributed by atoms with Gasteiger partial charge in [-0.25, -0.2) is 4.79 Å². The van der Waals surface area contributed by atoms with E-state index in [2.05, 4.69) is 4.43 Å².